The van der Waals surface area contributed by atoms with Crippen molar-refractivity contribution in [1.29, 1.82) is 0 Å². The Morgan fingerprint density at radius 2 is 1.76 bits per heavy atom. The van der Waals surface area contributed by atoms with E-state index in [9.17, 15) is 5.11 Å². The molecule has 1 atom stereocenters. The van der Waals surface area contributed by atoms with E-state index in [2.05, 4.69) is 24.3 Å². The van der Waals surface area contributed by atoms with Gasteiger partial charge in [0.2, 0.25) is 0 Å². The van der Waals surface area contributed by atoms with Crippen LogP contribution < -0.4 is 4.74 Å². The Morgan fingerprint density at radius 1 is 1.04 bits per heavy atom. The Balaban J connectivity index is 1.95. The molecule has 0 radical (unpaired) electrons. The lowest BCUT2D eigenvalue weighted by Gasteiger charge is -2.20. The van der Waals surface area contributed by atoms with Crippen LogP contribution in [-0.4, -0.2) is 19.0 Å². The average Bonchev–Trinajstić information content (AvgIpc) is 2.62. The minimum atomic E-state index is -0.531. The molecule has 2 aromatic rings. The molecule has 0 aliphatic carbocycles. The fourth-order valence-corrected chi connectivity index (χ4v) is 2.89. The van der Waals surface area contributed by atoms with Gasteiger partial charge in [-0.2, -0.15) is 0 Å². The predicted octanol–water partition coefficient (Wildman–Crippen LogP) is 5.20. The van der Waals surface area contributed by atoms with E-state index in [-0.39, 0.29) is 6.79 Å². The maximum Gasteiger partial charge on any atom is 0.188 e. The van der Waals surface area contributed by atoms with Gasteiger partial charge in [-0.05, 0) is 49.8 Å². The number of hydrogen-bond donors (Lipinski definition) is 1. The maximum absolute atomic E-state index is 10.7. The standard InChI is InChI=1S/C22H28O3/c1-17-14-15-18(2)22(25-16-24-3)21(17)20(23)13-9-5-8-12-19-10-6-4-7-11-19/h4,6-8,10-12,14-15,20,23H,5,9,13,16H2,1-3H3/b12-8+. The second-order valence-electron chi connectivity index (χ2n) is 6.25. The van der Waals surface area contributed by atoms with Crippen LogP contribution >= 0.6 is 0 Å². The van der Waals surface area contributed by atoms with E-state index in [1.807, 2.05) is 44.2 Å². The van der Waals surface area contributed by atoms with Crippen LogP contribution in [0.15, 0.2) is 48.5 Å². The van der Waals surface area contributed by atoms with Crippen molar-refractivity contribution in [2.24, 2.45) is 0 Å². The van der Waals surface area contributed by atoms with Crippen LogP contribution in [-0.2, 0) is 4.74 Å². The molecule has 0 heterocycles. The first-order valence-electron chi connectivity index (χ1n) is 8.75. The normalized spacial score (nSPS) is 12.5. The molecule has 0 saturated heterocycles. The van der Waals surface area contributed by atoms with E-state index in [1.54, 1.807) is 7.11 Å². The van der Waals surface area contributed by atoms with Crippen molar-refractivity contribution in [3.8, 4) is 5.75 Å². The van der Waals surface area contributed by atoms with Crippen molar-refractivity contribution in [2.45, 2.75) is 39.2 Å². The highest BCUT2D eigenvalue weighted by Gasteiger charge is 2.18. The number of hydrogen-bond acceptors (Lipinski definition) is 3. The second kappa shape index (κ2) is 10.0. The summed E-state index contributed by atoms with van der Waals surface area (Å²) in [5.41, 5.74) is 4.14. The number of benzene rings is 2. The minimum absolute atomic E-state index is 0.184. The third kappa shape index (κ3) is 5.73. The van der Waals surface area contributed by atoms with Gasteiger partial charge >= 0.3 is 0 Å². The van der Waals surface area contributed by atoms with Gasteiger partial charge in [-0.1, -0.05) is 54.6 Å². The molecule has 1 N–H and O–H groups in total. The van der Waals surface area contributed by atoms with E-state index in [0.717, 1.165) is 35.3 Å². The van der Waals surface area contributed by atoms with Gasteiger partial charge in [-0.3, -0.25) is 0 Å². The second-order valence-corrected chi connectivity index (χ2v) is 6.25. The van der Waals surface area contributed by atoms with Gasteiger partial charge in [0.25, 0.3) is 0 Å². The summed E-state index contributed by atoms with van der Waals surface area (Å²) >= 11 is 0. The summed E-state index contributed by atoms with van der Waals surface area (Å²) in [6.07, 6.45) is 6.31. The van der Waals surface area contributed by atoms with Crippen LogP contribution in [0.1, 0.15) is 47.6 Å². The van der Waals surface area contributed by atoms with Crippen molar-refractivity contribution < 1.29 is 14.6 Å². The zero-order valence-electron chi connectivity index (χ0n) is 15.4. The highest BCUT2D eigenvalue weighted by molar-refractivity contribution is 5.48. The summed E-state index contributed by atoms with van der Waals surface area (Å²) in [5, 5.41) is 10.7. The smallest absolute Gasteiger partial charge is 0.188 e. The van der Waals surface area contributed by atoms with E-state index >= 15 is 0 Å². The lowest BCUT2D eigenvalue weighted by molar-refractivity contribution is 0.0470. The molecule has 134 valence electrons. The minimum Gasteiger partial charge on any atom is -0.467 e. The third-order valence-electron chi connectivity index (χ3n) is 4.22. The Morgan fingerprint density at radius 3 is 2.48 bits per heavy atom. The molecule has 25 heavy (non-hydrogen) atoms. The van der Waals surface area contributed by atoms with E-state index in [1.165, 1.54) is 5.56 Å². The summed E-state index contributed by atoms with van der Waals surface area (Å²) in [4.78, 5) is 0. The Kier molecular flexibility index (Phi) is 7.71. The number of unbranched alkanes of at least 4 members (excludes halogenated alkanes) is 1. The largest absolute Gasteiger partial charge is 0.467 e. The molecule has 0 aliphatic heterocycles. The fourth-order valence-electron chi connectivity index (χ4n) is 2.89. The molecule has 0 aliphatic rings. The SMILES string of the molecule is COCOc1c(C)ccc(C)c1C(O)CCC/C=C/c1ccccc1. The Hall–Kier alpha value is -2.10. The first-order valence-corrected chi connectivity index (χ1v) is 8.75. The van der Waals surface area contributed by atoms with Crippen molar-refractivity contribution in [3.63, 3.8) is 0 Å². The zero-order chi connectivity index (χ0) is 18.1. The quantitative estimate of drug-likeness (QED) is 0.503. The molecule has 0 aromatic heterocycles. The van der Waals surface area contributed by atoms with E-state index in [4.69, 9.17) is 9.47 Å². The molecule has 0 spiro atoms. The number of allylic oxidation sites excluding steroid dienone is 1. The molecule has 3 heteroatoms. The molecule has 0 amide bonds. The monoisotopic (exact) mass is 340 g/mol. The average molecular weight is 340 g/mol. The van der Waals surface area contributed by atoms with Gasteiger partial charge in [-0.25, -0.2) is 0 Å². The molecule has 0 bridgehead atoms. The molecular weight excluding hydrogens is 312 g/mol. The van der Waals surface area contributed by atoms with Gasteiger partial charge in [0, 0.05) is 12.7 Å². The molecule has 0 fully saturated rings. The first kappa shape index (κ1) is 19.2. The molecule has 3 nitrogen and oxygen atoms in total. The van der Waals surface area contributed by atoms with Gasteiger partial charge < -0.3 is 14.6 Å². The fraction of sp³-hybridized carbons (Fsp3) is 0.364. The summed E-state index contributed by atoms with van der Waals surface area (Å²) in [5.74, 6) is 0.745. The molecular formula is C22H28O3. The number of aliphatic hydroxyl groups excluding tert-OH is 1. The highest BCUT2D eigenvalue weighted by atomic mass is 16.7. The van der Waals surface area contributed by atoms with Crippen LogP contribution in [0, 0.1) is 13.8 Å². The van der Waals surface area contributed by atoms with Gasteiger partial charge in [0.15, 0.2) is 6.79 Å². The van der Waals surface area contributed by atoms with Gasteiger partial charge in [-0.15, -0.1) is 0 Å². The number of methoxy groups -OCH3 is 1. The molecule has 2 aromatic carbocycles. The van der Waals surface area contributed by atoms with Crippen LogP contribution in [0.2, 0.25) is 0 Å². The van der Waals surface area contributed by atoms with Gasteiger partial charge in [0.05, 0.1) is 6.10 Å². The van der Waals surface area contributed by atoms with Crippen LogP contribution in [0.3, 0.4) is 0 Å². The van der Waals surface area contributed by atoms with Crippen LogP contribution in [0.25, 0.3) is 6.08 Å². The molecule has 2 rings (SSSR count). The summed E-state index contributed by atoms with van der Waals surface area (Å²) in [7, 11) is 1.60. The third-order valence-corrected chi connectivity index (χ3v) is 4.22. The predicted molar refractivity (Wildman–Crippen MR) is 103 cm³/mol. The van der Waals surface area contributed by atoms with Crippen LogP contribution in [0.5, 0.6) is 5.75 Å². The highest BCUT2D eigenvalue weighted by Crippen LogP contribution is 2.34. The molecule has 1 unspecified atom stereocenters. The van der Waals surface area contributed by atoms with E-state index < -0.39 is 6.10 Å². The van der Waals surface area contributed by atoms with Crippen molar-refractivity contribution in [3.05, 3.63) is 70.8 Å². The lowest BCUT2D eigenvalue weighted by Crippen LogP contribution is -2.08. The van der Waals surface area contributed by atoms with Crippen molar-refractivity contribution in [1.82, 2.24) is 0 Å². The number of rotatable bonds is 9. The van der Waals surface area contributed by atoms with Crippen molar-refractivity contribution >= 4 is 6.08 Å². The van der Waals surface area contributed by atoms with Gasteiger partial charge in [0.1, 0.15) is 5.75 Å². The van der Waals surface area contributed by atoms with Crippen molar-refractivity contribution in [2.75, 3.05) is 13.9 Å². The number of aliphatic hydroxyl groups is 1. The summed E-state index contributed by atoms with van der Waals surface area (Å²) in [6.45, 7) is 4.18. The lowest BCUT2D eigenvalue weighted by atomic mass is 9.96. The first-order chi connectivity index (χ1) is 12.1. The Bertz CT molecular complexity index is 677. The van der Waals surface area contributed by atoms with Crippen LogP contribution in [0.4, 0.5) is 0 Å². The molecule has 0 saturated carbocycles. The number of ether oxygens (including phenoxy) is 2. The zero-order valence-corrected chi connectivity index (χ0v) is 15.4. The summed E-state index contributed by atoms with van der Waals surface area (Å²) in [6, 6.07) is 14.3. The maximum atomic E-state index is 10.7. The Labute approximate surface area is 150 Å². The number of aryl methyl sites for hydroxylation is 2. The van der Waals surface area contributed by atoms with E-state index in [0.29, 0.717) is 6.42 Å². The topological polar surface area (TPSA) is 38.7 Å². The summed E-state index contributed by atoms with van der Waals surface area (Å²) < 4.78 is 10.7.